The molecule has 0 saturated heterocycles. The number of benzene rings is 6. The highest BCUT2D eigenvalue weighted by atomic mass is 32.1. The van der Waals surface area contributed by atoms with E-state index in [4.69, 9.17) is 0 Å². The van der Waals surface area contributed by atoms with Crippen molar-refractivity contribution in [3.8, 4) is 5.69 Å². The van der Waals surface area contributed by atoms with E-state index >= 15 is 0 Å². The topological polar surface area (TPSA) is 11.4 Å². The fourth-order valence-corrected chi connectivity index (χ4v) is 18.2. The average Bonchev–Trinajstić information content (AvgIpc) is 2.91. The van der Waals surface area contributed by atoms with Gasteiger partial charge in [-0.1, -0.05) is 165 Å². The number of anilines is 5. The molecule has 2 unspecified atom stereocenters. The second-order valence-electron chi connectivity index (χ2n) is 30.7. The normalized spacial score (nSPS) is 23.0. The number of nitrogens with zero attached hydrogens (tertiary/aromatic N) is 3. The van der Waals surface area contributed by atoms with Gasteiger partial charge in [-0.2, -0.15) is 0 Å². The molecular formula is C72H84BN3S. The van der Waals surface area contributed by atoms with Crippen LogP contribution in [0, 0.1) is 13.8 Å². The van der Waals surface area contributed by atoms with Crippen molar-refractivity contribution in [3.05, 3.63) is 135 Å². The Hall–Kier alpha value is -5.26. The highest BCUT2D eigenvalue weighted by Gasteiger charge is 2.62. The van der Waals surface area contributed by atoms with Gasteiger partial charge >= 0.3 is 0 Å². The molecule has 1 fully saturated rings. The summed E-state index contributed by atoms with van der Waals surface area (Å²) in [6, 6.07) is 35.7. The molecule has 14 rings (SSSR count). The molecular weight excluding hydrogens is 950 g/mol. The van der Waals surface area contributed by atoms with Crippen molar-refractivity contribution in [3.63, 3.8) is 0 Å². The number of rotatable bonds is 3. The minimum absolute atomic E-state index is 0.0140. The van der Waals surface area contributed by atoms with Gasteiger partial charge in [-0.15, -0.1) is 11.3 Å². The summed E-state index contributed by atoms with van der Waals surface area (Å²) >= 11 is 1.99. The van der Waals surface area contributed by atoms with Gasteiger partial charge in [0.2, 0.25) is 0 Å². The monoisotopic (exact) mass is 1030 g/mol. The van der Waals surface area contributed by atoms with E-state index in [1.165, 1.54) is 172 Å². The largest absolute Gasteiger partial charge is 0.335 e. The minimum Gasteiger partial charge on any atom is -0.335 e. The van der Waals surface area contributed by atoms with E-state index < -0.39 is 0 Å². The highest BCUT2D eigenvalue weighted by molar-refractivity contribution is 7.26. The predicted molar refractivity (Wildman–Crippen MR) is 336 cm³/mol. The van der Waals surface area contributed by atoms with Crippen LogP contribution in [-0.4, -0.2) is 16.8 Å². The summed E-state index contributed by atoms with van der Waals surface area (Å²) < 4.78 is 4.16. The zero-order valence-electron chi connectivity index (χ0n) is 50.1. The maximum Gasteiger partial charge on any atom is 0.252 e. The smallest absolute Gasteiger partial charge is 0.252 e. The third-order valence-electron chi connectivity index (χ3n) is 22.0. The molecule has 1 saturated carbocycles. The summed E-state index contributed by atoms with van der Waals surface area (Å²) in [5.41, 5.74) is 27.5. The Bertz CT molecular complexity index is 3920. The Labute approximate surface area is 465 Å². The van der Waals surface area contributed by atoms with Crippen molar-refractivity contribution in [2.24, 2.45) is 0 Å². The zero-order chi connectivity index (χ0) is 54.4. The summed E-state index contributed by atoms with van der Waals surface area (Å²) in [7, 11) is 0. The lowest BCUT2D eigenvalue weighted by Gasteiger charge is -2.52. The predicted octanol–water partition coefficient (Wildman–Crippen LogP) is 18.3. The van der Waals surface area contributed by atoms with Crippen LogP contribution in [0.2, 0.25) is 0 Å². The Balaban J connectivity index is 1.18. The Morgan fingerprint density at radius 1 is 0.558 bits per heavy atom. The molecule has 2 atom stereocenters. The molecule has 6 aromatic carbocycles. The summed E-state index contributed by atoms with van der Waals surface area (Å²) in [5.74, 6) is 0. The fraction of sp³-hybridized carbons (Fsp3) is 0.472. The number of hydrogen-bond donors (Lipinski definition) is 0. The van der Waals surface area contributed by atoms with Crippen LogP contribution < -0.4 is 26.2 Å². The summed E-state index contributed by atoms with van der Waals surface area (Å²) in [5, 5.41) is 4.18. The third-order valence-corrected chi connectivity index (χ3v) is 23.2. The lowest BCUT2D eigenvalue weighted by atomic mass is 9.33. The molecule has 3 nitrogen and oxygen atoms in total. The van der Waals surface area contributed by atoms with Crippen LogP contribution in [-0.2, 0) is 37.9 Å². The van der Waals surface area contributed by atoms with Gasteiger partial charge in [-0.3, -0.25) is 0 Å². The van der Waals surface area contributed by atoms with E-state index in [-0.39, 0.29) is 50.2 Å². The Kier molecular flexibility index (Phi) is 9.97. The fourth-order valence-electron chi connectivity index (χ4n) is 16.9. The van der Waals surface area contributed by atoms with Crippen LogP contribution in [0.25, 0.3) is 36.9 Å². The maximum absolute atomic E-state index is 2.98. The van der Waals surface area contributed by atoms with Gasteiger partial charge in [0.25, 0.3) is 6.71 Å². The number of aromatic nitrogens is 1. The van der Waals surface area contributed by atoms with Crippen LogP contribution in [0.4, 0.5) is 28.4 Å². The molecule has 0 spiro atoms. The summed E-state index contributed by atoms with van der Waals surface area (Å²) in [4.78, 5) is 7.13. The van der Waals surface area contributed by atoms with Crippen LogP contribution in [0.3, 0.4) is 0 Å². The van der Waals surface area contributed by atoms with Gasteiger partial charge in [0.05, 0.1) is 16.7 Å². The molecule has 77 heavy (non-hydrogen) atoms. The SMILES string of the molecule is Cc1cc2c(cc1N(c1cc3c4c(c1)-n1c5sc6ccccc6c5c5cc(C(C)(C)C)cc(c51)B4c1cc(C(C)(C)C)cc4c1N3C1(C)CCCCC41C)c1ccc3c(c1C)C(C)(C)CCC3(C)C)C(C)(C)CCC2(C)C. The first-order valence-electron chi connectivity index (χ1n) is 29.8. The Morgan fingerprint density at radius 2 is 1.17 bits per heavy atom. The third kappa shape index (κ3) is 6.50. The molecule has 3 aliphatic heterocycles. The summed E-state index contributed by atoms with van der Waals surface area (Å²) in [6.07, 6.45) is 9.63. The average molecular weight is 1030 g/mol. The molecule has 3 aliphatic carbocycles. The quantitative estimate of drug-likeness (QED) is 0.163. The molecule has 396 valence electrons. The number of hydrogen-bond acceptors (Lipinski definition) is 3. The van der Waals surface area contributed by atoms with Crippen LogP contribution >= 0.6 is 11.3 Å². The first-order chi connectivity index (χ1) is 36.0. The molecule has 0 amide bonds. The second kappa shape index (κ2) is 15.3. The van der Waals surface area contributed by atoms with Crippen molar-refractivity contribution in [2.45, 2.75) is 219 Å². The lowest BCUT2D eigenvalue weighted by molar-refractivity contribution is 0.195. The molecule has 8 aromatic rings. The zero-order valence-corrected chi connectivity index (χ0v) is 50.9. The maximum atomic E-state index is 2.98. The van der Waals surface area contributed by atoms with Crippen LogP contribution in [0.5, 0.6) is 0 Å². The first-order valence-corrected chi connectivity index (χ1v) is 30.6. The van der Waals surface area contributed by atoms with Gasteiger partial charge < -0.3 is 14.4 Å². The van der Waals surface area contributed by atoms with Crippen LogP contribution in [0.1, 0.15) is 212 Å². The molecule has 0 bridgehead atoms. The van der Waals surface area contributed by atoms with E-state index in [1.807, 2.05) is 11.3 Å². The second-order valence-corrected chi connectivity index (χ2v) is 31.7. The van der Waals surface area contributed by atoms with Crippen molar-refractivity contribution >= 4 is 94.1 Å². The molecule has 6 aliphatic rings. The van der Waals surface area contributed by atoms with E-state index in [0.29, 0.717) is 0 Å². The lowest BCUT2D eigenvalue weighted by Crippen LogP contribution is -2.64. The van der Waals surface area contributed by atoms with Gasteiger partial charge in [-0.05, 0) is 195 Å². The summed E-state index contributed by atoms with van der Waals surface area (Å²) in [6.45, 7) is 44.9. The molecule has 5 heteroatoms. The van der Waals surface area contributed by atoms with Crippen molar-refractivity contribution in [1.82, 2.24) is 4.57 Å². The molecule has 0 N–H and O–H groups in total. The van der Waals surface area contributed by atoms with Gasteiger partial charge in [-0.25, -0.2) is 0 Å². The van der Waals surface area contributed by atoms with Crippen molar-refractivity contribution in [2.75, 3.05) is 9.80 Å². The molecule has 5 heterocycles. The van der Waals surface area contributed by atoms with E-state index in [0.717, 1.165) is 0 Å². The van der Waals surface area contributed by atoms with Crippen molar-refractivity contribution in [1.29, 1.82) is 0 Å². The van der Waals surface area contributed by atoms with Gasteiger partial charge in [0.1, 0.15) is 4.83 Å². The van der Waals surface area contributed by atoms with Crippen molar-refractivity contribution < 1.29 is 0 Å². The standard InChI is InChI=1S/C72H84BN3S/c1-41-33-49-50(69(13,14)30-29-68(49,11)12)40-55(41)74(54-26-25-48-60(42(54)2)70(15,16)32-31-67(48,9)10)45-38-56-61-57(39-45)76-63-51(71(17)27-21-22-28-72(71,76)18)35-44(66(6,7)8)37-53(63)73(61)52-36-43(65(3,4)5)34-47-59-46-23-19-20-24-58(46)77-64(59)75(56)62(47)52/h19-20,23-26,33-40H,21-22,27-32H2,1-18H3. The first kappa shape index (κ1) is 50.0. The number of aryl methyl sites for hydroxylation is 1. The van der Waals surface area contributed by atoms with E-state index in [9.17, 15) is 0 Å². The Morgan fingerprint density at radius 3 is 1.87 bits per heavy atom. The molecule has 0 radical (unpaired) electrons. The minimum atomic E-state index is -0.123. The highest BCUT2D eigenvalue weighted by Crippen LogP contribution is 2.63. The van der Waals surface area contributed by atoms with Gasteiger partial charge in [0, 0.05) is 54.7 Å². The van der Waals surface area contributed by atoms with Gasteiger partial charge in [0.15, 0.2) is 0 Å². The number of thiophene rings is 1. The molecule has 2 aromatic heterocycles. The van der Waals surface area contributed by atoms with Crippen LogP contribution in [0.15, 0.2) is 84.9 Å². The number of fused-ring (bicyclic) bond motifs is 14. The van der Waals surface area contributed by atoms with E-state index in [2.05, 4.69) is 224 Å². The van der Waals surface area contributed by atoms with E-state index in [1.54, 1.807) is 11.1 Å².